The molecule has 0 fully saturated rings. The molecule has 3 heteroatoms. The molecule has 3 nitrogen and oxygen atoms in total. The van der Waals surface area contributed by atoms with E-state index in [1.165, 1.54) is 0 Å². The lowest BCUT2D eigenvalue weighted by Crippen LogP contribution is -1.96. The zero-order valence-electron chi connectivity index (χ0n) is 7.23. The minimum Gasteiger partial charge on any atom is -0.497 e. The predicted octanol–water partition coefficient (Wildman–Crippen LogP) is 1.50. The van der Waals surface area contributed by atoms with Gasteiger partial charge in [-0.15, -0.1) is 0 Å². The molecule has 13 heavy (non-hydrogen) atoms. The minimum atomic E-state index is -0.675. The number of nitriles is 1. The smallest absolute Gasteiger partial charge is 0.141 e. The van der Waals surface area contributed by atoms with Crippen molar-refractivity contribution in [1.29, 1.82) is 5.26 Å². The molecule has 0 amide bonds. The zero-order valence-corrected chi connectivity index (χ0v) is 7.23. The Morgan fingerprint density at radius 3 is 2.46 bits per heavy atom. The summed E-state index contributed by atoms with van der Waals surface area (Å²) in [5.74, 6) is 0.0391. The van der Waals surface area contributed by atoms with Gasteiger partial charge in [0.25, 0.3) is 0 Å². The number of hydrogen-bond donors (Lipinski definition) is 0. The summed E-state index contributed by atoms with van der Waals surface area (Å²) in [5, 5.41) is 8.59. The van der Waals surface area contributed by atoms with E-state index in [1.807, 2.05) is 6.07 Å². The Kier molecular flexibility index (Phi) is 3.04. The molecule has 0 aliphatic heterocycles. The van der Waals surface area contributed by atoms with Crippen LogP contribution in [-0.4, -0.2) is 13.4 Å². The number of ether oxygens (including phenoxy) is 1. The Labute approximate surface area is 76.6 Å². The van der Waals surface area contributed by atoms with Crippen molar-refractivity contribution in [2.75, 3.05) is 7.11 Å². The van der Waals surface area contributed by atoms with Crippen molar-refractivity contribution in [3.8, 4) is 11.8 Å². The van der Waals surface area contributed by atoms with Crippen LogP contribution in [0, 0.1) is 11.3 Å². The minimum absolute atomic E-state index is 0.627. The van der Waals surface area contributed by atoms with Crippen molar-refractivity contribution in [3.05, 3.63) is 29.8 Å². The van der Waals surface area contributed by atoms with Gasteiger partial charge in [0, 0.05) is 0 Å². The van der Waals surface area contributed by atoms with Gasteiger partial charge in [-0.25, -0.2) is 0 Å². The van der Waals surface area contributed by atoms with Crippen LogP contribution < -0.4 is 4.74 Å². The SMILES string of the molecule is COc1ccc([C@@H](C#N)C=O)cc1. The first kappa shape index (κ1) is 9.27. The van der Waals surface area contributed by atoms with Crippen LogP contribution in [0.3, 0.4) is 0 Å². The molecule has 1 aromatic rings. The lowest BCUT2D eigenvalue weighted by Gasteiger charge is -2.02. The van der Waals surface area contributed by atoms with E-state index >= 15 is 0 Å². The number of methoxy groups -OCH3 is 1. The van der Waals surface area contributed by atoms with E-state index in [0.717, 1.165) is 0 Å². The van der Waals surface area contributed by atoms with Crippen molar-refractivity contribution < 1.29 is 9.53 Å². The first-order chi connectivity index (χ1) is 6.31. The van der Waals surface area contributed by atoms with E-state index in [-0.39, 0.29) is 0 Å². The van der Waals surface area contributed by atoms with Crippen molar-refractivity contribution >= 4 is 6.29 Å². The first-order valence-electron chi connectivity index (χ1n) is 3.80. The van der Waals surface area contributed by atoms with Gasteiger partial charge in [-0.05, 0) is 17.7 Å². The number of nitrogens with zero attached hydrogens (tertiary/aromatic N) is 1. The number of hydrogen-bond acceptors (Lipinski definition) is 3. The molecule has 0 N–H and O–H groups in total. The van der Waals surface area contributed by atoms with Gasteiger partial charge >= 0.3 is 0 Å². The third-order valence-electron chi connectivity index (χ3n) is 1.75. The summed E-state index contributed by atoms with van der Waals surface area (Å²) in [5.41, 5.74) is 0.693. The normalized spacial score (nSPS) is 11.4. The fourth-order valence-corrected chi connectivity index (χ4v) is 0.995. The average Bonchev–Trinajstić information content (AvgIpc) is 2.21. The summed E-state index contributed by atoms with van der Waals surface area (Å²) in [6.45, 7) is 0. The predicted molar refractivity (Wildman–Crippen MR) is 47.4 cm³/mol. The highest BCUT2D eigenvalue weighted by atomic mass is 16.5. The third-order valence-corrected chi connectivity index (χ3v) is 1.75. The van der Waals surface area contributed by atoms with Crippen LogP contribution in [0.2, 0.25) is 0 Å². The van der Waals surface area contributed by atoms with Gasteiger partial charge in [0.2, 0.25) is 0 Å². The van der Waals surface area contributed by atoms with Gasteiger partial charge < -0.3 is 9.53 Å². The molecule has 0 bridgehead atoms. The molecular weight excluding hydrogens is 166 g/mol. The monoisotopic (exact) mass is 175 g/mol. The molecular formula is C10H9NO2. The maximum atomic E-state index is 10.4. The van der Waals surface area contributed by atoms with E-state index < -0.39 is 5.92 Å². The van der Waals surface area contributed by atoms with Crippen LogP contribution in [0.25, 0.3) is 0 Å². The van der Waals surface area contributed by atoms with E-state index in [4.69, 9.17) is 10.00 Å². The van der Waals surface area contributed by atoms with Gasteiger partial charge in [-0.3, -0.25) is 0 Å². The van der Waals surface area contributed by atoms with Crippen LogP contribution in [0.1, 0.15) is 11.5 Å². The summed E-state index contributed by atoms with van der Waals surface area (Å²) >= 11 is 0. The molecule has 0 aliphatic rings. The Hall–Kier alpha value is -1.82. The fraction of sp³-hybridized carbons (Fsp3) is 0.200. The number of benzene rings is 1. The quantitative estimate of drug-likeness (QED) is 0.654. The van der Waals surface area contributed by atoms with Gasteiger partial charge in [0.15, 0.2) is 0 Å². The first-order valence-corrected chi connectivity index (χ1v) is 3.80. The number of rotatable bonds is 3. The highest BCUT2D eigenvalue weighted by Crippen LogP contribution is 2.17. The van der Waals surface area contributed by atoms with Gasteiger partial charge in [0.05, 0.1) is 13.2 Å². The van der Waals surface area contributed by atoms with Crippen LogP contribution in [0.15, 0.2) is 24.3 Å². The zero-order chi connectivity index (χ0) is 9.68. The Balaban J connectivity index is 2.92. The average molecular weight is 175 g/mol. The standard InChI is InChI=1S/C10H9NO2/c1-13-10-4-2-8(3-5-10)9(6-11)7-12/h2-5,7,9H,1H3/t9-/m0/s1. The van der Waals surface area contributed by atoms with Crippen LogP contribution in [0.4, 0.5) is 0 Å². The second-order valence-electron chi connectivity index (χ2n) is 2.52. The maximum Gasteiger partial charge on any atom is 0.141 e. The topological polar surface area (TPSA) is 50.1 Å². The maximum absolute atomic E-state index is 10.4. The lowest BCUT2D eigenvalue weighted by atomic mass is 10.0. The molecule has 1 atom stereocenters. The molecule has 0 radical (unpaired) electrons. The van der Waals surface area contributed by atoms with Crippen LogP contribution in [-0.2, 0) is 4.79 Å². The number of carbonyl (C=O) groups excluding carboxylic acids is 1. The summed E-state index contributed by atoms with van der Waals surface area (Å²) in [6.07, 6.45) is 0.627. The summed E-state index contributed by atoms with van der Waals surface area (Å²) < 4.78 is 4.94. The molecule has 66 valence electrons. The van der Waals surface area contributed by atoms with Crippen molar-refractivity contribution in [2.45, 2.75) is 5.92 Å². The lowest BCUT2D eigenvalue weighted by molar-refractivity contribution is -0.108. The Morgan fingerprint density at radius 1 is 1.46 bits per heavy atom. The second kappa shape index (κ2) is 4.27. The molecule has 0 aromatic heterocycles. The highest BCUT2D eigenvalue weighted by molar-refractivity contribution is 5.66. The highest BCUT2D eigenvalue weighted by Gasteiger charge is 2.07. The molecule has 0 saturated heterocycles. The largest absolute Gasteiger partial charge is 0.497 e. The van der Waals surface area contributed by atoms with Crippen LogP contribution >= 0.6 is 0 Å². The van der Waals surface area contributed by atoms with Gasteiger partial charge in [0.1, 0.15) is 18.0 Å². The molecule has 0 unspecified atom stereocenters. The van der Waals surface area contributed by atoms with E-state index in [1.54, 1.807) is 31.4 Å². The number of carbonyl (C=O) groups is 1. The molecule has 0 heterocycles. The van der Waals surface area contributed by atoms with Crippen LogP contribution in [0.5, 0.6) is 5.75 Å². The second-order valence-corrected chi connectivity index (χ2v) is 2.52. The molecule has 1 aromatic carbocycles. The fourth-order valence-electron chi connectivity index (χ4n) is 0.995. The number of aldehydes is 1. The van der Waals surface area contributed by atoms with Crippen molar-refractivity contribution in [2.24, 2.45) is 0 Å². The van der Waals surface area contributed by atoms with E-state index in [9.17, 15) is 4.79 Å². The molecule has 0 saturated carbocycles. The molecule has 0 spiro atoms. The van der Waals surface area contributed by atoms with Gasteiger partial charge in [-0.1, -0.05) is 12.1 Å². The van der Waals surface area contributed by atoms with E-state index in [0.29, 0.717) is 17.6 Å². The summed E-state index contributed by atoms with van der Waals surface area (Å²) in [7, 11) is 1.57. The molecule has 0 aliphatic carbocycles. The third kappa shape index (κ3) is 2.06. The summed E-state index contributed by atoms with van der Waals surface area (Å²) in [4.78, 5) is 10.4. The Bertz CT molecular complexity index is 324. The summed E-state index contributed by atoms with van der Waals surface area (Å²) in [6, 6.07) is 8.77. The van der Waals surface area contributed by atoms with Gasteiger partial charge in [-0.2, -0.15) is 5.26 Å². The molecule has 1 rings (SSSR count). The van der Waals surface area contributed by atoms with E-state index in [2.05, 4.69) is 0 Å². The van der Waals surface area contributed by atoms with Crippen molar-refractivity contribution in [1.82, 2.24) is 0 Å². The Morgan fingerprint density at radius 2 is 2.08 bits per heavy atom. The van der Waals surface area contributed by atoms with Crippen molar-refractivity contribution in [3.63, 3.8) is 0 Å².